The summed E-state index contributed by atoms with van der Waals surface area (Å²) in [5, 5.41) is 3.41. The molecule has 2 nitrogen and oxygen atoms in total. The van der Waals surface area contributed by atoms with Gasteiger partial charge in [0.25, 0.3) is 0 Å². The molecule has 0 saturated carbocycles. The number of hydrogen-bond donors (Lipinski definition) is 1. The van der Waals surface area contributed by atoms with E-state index in [1.54, 1.807) is 0 Å². The Balaban J connectivity index is 1.83. The van der Waals surface area contributed by atoms with E-state index in [-0.39, 0.29) is 6.23 Å². The van der Waals surface area contributed by atoms with E-state index in [1.165, 1.54) is 11.3 Å². The topological polar surface area (TPSA) is 21.3 Å². The van der Waals surface area contributed by atoms with Crippen LogP contribution in [-0.2, 0) is 11.3 Å². The van der Waals surface area contributed by atoms with Gasteiger partial charge in [-0.1, -0.05) is 42.5 Å². The van der Waals surface area contributed by atoms with Crippen LogP contribution < -0.4 is 5.32 Å². The number of nitrogens with one attached hydrogen (secondary N) is 1. The van der Waals surface area contributed by atoms with Gasteiger partial charge in [-0.25, -0.2) is 0 Å². The number of hydrogen-bond acceptors (Lipinski definition) is 2. The van der Waals surface area contributed by atoms with Crippen molar-refractivity contribution in [3.05, 3.63) is 54.1 Å². The van der Waals surface area contributed by atoms with E-state index >= 15 is 0 Å². The van der Waals surface area contributed by atoms with E-state index in [2.05, 4.69) is 47.8 Å². The average Bonchev–Trinajstić information content (AvgIpc) is 2.82. The highest BCUT2D eigenvalue weighted by molar-refractivity contribution is 5.52. The van der Waals surface area contributed by atoms with Gasteiger partial charge in [0.05, 0.1) is 6.61 Å². The molecule has 2 heteroatoms. The first-order valence-corrected chi connectivity index (χ1v) is 5.24. The molecule has 0 aromatic heterocycles. The highest BCUT2D eigenvalue weighted by Gasteiger charge is 2.23. The van der Waals surface area contributed by atoms with Crippen molar-refractivity contribution in [2.24, 2.45) is 5.92 Å². The summed E-state index contributed by atoms with van der Waals surface area (Å²) < 4.78 is 5.77. The monoisotopic (exact) mass is 199 g/mol. The standard InChI is InChI=1S/C13H13NO/c1-2-6-10(5-1)13-14-12-8-4-3-7-11(12)9-15-13/h1-8,10,13-14H,9H2. The zero-order valence-corrected chi connectivity index (χ0v) is 8.39. The molecule has 1 unspecified atom stereocenters. The molecule has 1 aromatic rings. The lowest BCUT2D eigenvalue weighted by Crippen LogP contribution is -2.33. The maximum Gasteiger partial charge on any atom is 0.138 e. The molecule has 1 aliphatic heterocycles. The van der Waals surface area contributed by atoms with Gasteiger partial charge in [-0.3, -0.25) is 0 Å². The Bertz CT molecular complexity index is 410. The van der Waals surface area contributed by atoms with Crippen LogP contribution in [0.4, 0.5) is 5.69 Å². The van der Waals surface area contributed by atoms with Crippen molar-refractivity contribution < 1.29 is 4.74 Å². The Kier molecular flexibility index (Phi) is 2.07. The normalized spacial score (nSPS) is 23.9. The molecule has 0 bridgehead atoms. The molecule has 0 saturated heterocycles. The van der Waals surface area contributed by atoms with Gasteiger partial charge in [0.1, 0.15) is 6.23 Å². The summed E-state index contributed by atoms with van der Waals surface area (Å²) in [4.78, 5) is 0. The molecule has 15 heavy (non-hydrogen) atoms. The van der Waals surface area contributed by atoms with Crippen LogP contribution in [0.1, 0.15) is 5.56 Å². The minimum absolute atomic E-state index is 0.0786. The Morgan fingerprint density at radius 2 is 1.93 bits per heavy atom. The van der Waals surface area contributed by atoms with Gasteiger partial charge in [-0.05, 0) is 6.07 Å². The highest BCUT2D eigenvalue weighted by atomic mass is 16.5. The van der Waals surface area contributed by atoms with E-state index in [0.29, 0.717) is 12.5 Å². The molecule has 1 aliphatic carbocycles. The van der Waals surface area contributed by atoms with Crippen LogP contribution in [-0.4, -0.2) is 6.23 Å². The molecule has 0 amide bonds. The lowest BCUT2D eigenvalue weighted by molar-refractivity contribution is 0.0363. The number of fused-ring (bicyclic) bond motifs is 1. The van der Waals surface area contributed by atoms with Gasteiger partial charge >= 0.3 is 0 Å². The van der Waals surface area contributed by atoms with Crippen LogP contribution in [0.3, 0.4) is 0 Å². The molecule has 1 atom stereocenters. The Morgan fingerprint density at radius 3 is 2.80 bits per heavy atom. The smallest absolute Gasteiger partial charge is 0.138 e. The first-order valence-electron chi connectivity index (χ1n) is 5.24. The SMILES string of the molecule is C1=CC(C2Nc3ccccc3CO2)C=C1. The van der Waals surface area contributed by atoms with E-state index in [9.17, 15) is 0 Å². The molecule has 76 valence electrons. The van der Waals surface area contributed by atoms with E-state index in [4.69, 9.17) is 4.74 Å². The summed E-state index contributed by atoms with van der Waals surface area (Å²) in [5.74, 6) is 0.360. The van der Waals surface area contributed by atoms with E-state index in [0.717, 1.165) is 0 Å². The Morgan fingerprint density at radius 1 is 1.13 bits per heavy atom. The molecule has 0 fully saturated rings. The van der Waals surface area contributed by atoms with Gasteiger partial charge in [0, 0.05) is 17.2 Å². The molecular weight excluding hydrogens is 186 g/mol. The third-order valence-corrected chi connectivity index (χ3v) is 2.86. The highest BCUT2D eigenvalue weighted by Crippen LogP contribution is 2.27. The summed E-state index contributed by atoms with van der Waals surface area (Å²) >= 11 is 0. The first-order chi connectivity index (χ1) is 7.43. The molecule has 1 heterocycles. The van der Waals surface area contributed by atoms with Gasteiger partial charge in [-0.15, -0.1) is 0 Å². The summed E-state index contributed by atoms with van der Waals surface area (Å²) in [5.41, 5.74) is 2.43. The maximum atomic E-state index is 5.77. The van der Waals surface area contributed by atoms with E-state index in [1.807, 2.05) is 6.07 Å². The molecule has 0 radical (unpaired) electrons. The number of ether oxygens (including phenoxy) is 1. The predicted molar refractivity (Wildman–Crippen MR) is 60.4 cm³/mol. The Labute approximate surface area is 89.3 Å². The number of para-hydroxylation sites is 1. The fourth-order valence-corrected chi connectivity index (χ4v) is 2.02. The van der Waals surface area contributed by atoms with Crippen LogP contribution in [0.15, 0.2) is 48.6 Å². The zero-order valence-electron chi connectivity index (χ0n) is 8.39. The molecule has 1 N–H and O–H groups in total. The van der Waals surface area contributed by atoms with Crippen molar-refractivity contribution in [3.63, 3.8) is 0 Å². The number of rotatable bonds is 1. The fourth-order valence-electron chi connectivity index (χ4n) is 2.02. The summed E-state index contributed by atoms with van der Waals surface area (Å²) in [6.45, 7) is 0.700. The largest absolute Gasteiger partial charge is 0.359 e. The Hall–Kier alpha value is -1.54. The van der Waals surface area contributed by atoms with Crippen LogP contribution in [0.25, 0.3) is 0 Å². The lowest BCUT2D eigenvalue weighted by Gasteiger charge is -2.30. The third kappa shape index (κ3) is 1.57. The quantitative estimate of drug-likeness (QED) is 0.750. The molecule has 2 aliphatic rings. The average molecular weight is 199 g/mol. The molecular formula is C13H13NO. The van der Waals surface area contributed by atoms with Crippen molar-refractivity contribution in [1.29, 1.82) is 0 Å². The van der Waals surface area contributed by atoms with Crippen LogP contribution >= 0.6 is 0 Å². The minimum atomic E-state index is 0.0786. The zero-order chi connectivity index (χ0) is 10.1. The molecule has 3 rings (SSSR count). The molecule has 0 spiro atoms. The molecule has 1 aromatic carbocycles. The van der Waals surface area contributed by atoms with Crippen molar-refractivity contribution in [2.45, 2.75) is 12.8 Å². The van der Waals surface area contributed by atoms with Gasteiger partial charge in [0.2, 0.25) is 0 Å². The lowest BCUT2D eigenvalue weighted by atomic mass is 10.1. The predicted octanol–water partition coefficient (Wildman–Crippen LogP) is 2.70. The maximum absolute atomic E-state index is 5.77. The minimum Gasteiger partial charge on any atom is -0.359 e. The second kappa shape index (κ2) is 3.55. The second-order valence-electron chi connectivity index (χ2n) is 3.88. The van der Waals surface area contributed by atoms with Crippen LogP contribution in [0, 0.1) is 5.92 Å². The van der Waals surface area contributed by atoms with E-state index < -0.39 is 0 Å². The van der Waals surface area contributed by atoms with Crippen molar-refractivity contribution in [1.82, 2.24) is 0 Å². The van der Waals surface area contributed by atoms with Gasteiger partial charge < -0.3 is 10.1 Å². The van der Waals surface area contributed by atoms with Crippen LogP contribution in [0.2, 0.25) is 0 Å². The van der Waals surface area contributed by atoms with Crippen molar-refractivity contribution in [3.8, 4) is 0 Å². The van der Waals surface area contributed by atoms with Gasteiger partial charge in [0.15, 0.2) is 0 Å². The van der Waals surface area contributed by atoms with Crippen molar-refractivity contribution >= 4 is 5.69 Å². The number of benzene rings is 1. The first kappa shape index (κ1) is 8.74. The second-order valence-corrected chi connectivity index (χ2v) is 3.88. The van der Waals surface area contributed by atoms with Gasteiger partial charge in [-0.2, -0.15) is 0 Å². The summed E-state index contributed by atoms with van der Waals surface area (Å²) in [6, 6.07) is 8.29. The third-order valence-electron chi connectivity index (χ3n) is 2.86. The van der Waals surface area contributed by atoms with Crippen LogP contribution in [0.5, 0.6) is 0 Å². The number of anilines is 1. The van der Waals surface area contributed by atoms with Crippen molar-refractivity contribution in [2.75, 3.05) is 5.32 Å². The summed E-state index contributed by atoms with van der Waals surface area (Å²) in [7, 11) is 0. The summed E-state index contributed by atoms with van der Waals surface area (Å²) in [6.07, 6.45) is 8.53. The fraction of sp³-hybridized carbons (Fsp3) is 0.231. The number of allylic oxidation sites excluding steroid dienone is 2.